The Kier molecular flexibility index (Phi) is 7.28. The van der Waals surface area contributed by atoms with Crippen LogP contribution in [0, 0.1) is 5.92 Å². The molecule has 31 heavy (non-hydrogen) atoms. The van der Waals surface area contributed by atoms with Crippen LogP contribution in [0.15, 0.2) is 0 Å². The maximum atomic E-state index is 13.4. The number of carbonyl (C=O) groups excluding carboxylic acids is 4. The first-order chi connectivity index (χ1) is 15.1. The number of nitrogens with one attached hydrogen (secondary N) is 2. The van der Waals surface area contributed by atoms with Gasteiger partial charge in [-0.15, -0.1) is 0 Å². The van der Waals surface area contributed by atoms with Gasteiger partial charge in [0.15, 0.2) is 0 Å². The van der Waals surface area contributed by atoms with Crippen LogP contribution in [-0.2, 0) is 19.2 Å². The van der Waals surface area contributed by atoms with Gasteiger partial charge in [0, 0.05) is 18.1 Å². The highest BCUT2D eigenvalue weighted by Gasteiger charge is 2.56. The summed E-state index contributed by atoms with van der Waals surface area (Å²) in [6.07, 6.45) is 14.9. The number of hydrogen-bond acceptors (Lipinski definition) is 4. The fourth-order valence-corrected chi connectivity index (χ4v) is 6.05. The minimum absolute atomic E-state index is 0.0370. The standard InChI is InChI=1S/C24H37N3O4/c28-21-19(22(29)25-16-10-4-1-5-11-16)20(23(30)26-17-12-6-2-7-13-17)27(24(21)31)18-14-8-3-9-15-18/h16-20H,1-15H2,(H,25,29)(H,26,30)/t19-,20-/m1/s1. The normalized spacial score (nSPS) is 29.2. The lowest BCUT2D eigenvalue weighted by atomic mass is 9.90. The molecule has 0 radical (unpaired) electrons. The third-order valence-corrected chi connectivity index (χ3v) is 7.77. The number of rotatable bonds is 5. The van der Waals surface area contributed by atoms with Gasteiger partial charge >= 0.3 is 0 Å². The predicted molar refractivity (Wildman–Crippen MR) is 116 cm³/mol. The molecule has 1 heterocycles. The van der Waals surface area contributed by atoms with E-state index in [9.17, 15) is 19.2 Å². The highest BCUT2D eigenvalue weighted by Crippen LogP contribution is 2.33. The maximum Gasteiger partial charge on any atom is 0.291 e. The van der Waals surface area contributed by atoms with E-state index in [0.29, 0.717) is 0 Å². The second-order valence-corrected chi connectivity index (χ2v) is 9.98. The van der Waals surface area contributed by atoms with Crippen LogP contribution < -0.4 is 10.6 Å². The Morgan fingerprint density at radius 2 is 1.10 bits per heavy atom. The van der Waals surface area contributed by atoms with E-state index in [4.69, 9.17) is 0 Å². The van der Waals surface area contributed by atoms with Crippen LogP contribution in [0.3, 0.4) is 0 Å². The van der Waals surface area contributed by atoms with Crippen molar-refractivity contribution in [2.45, 2.75) is 120 Å². The molecule has 1 saturated heterocycles. The lowest BCUT2D eigenvalue weighted by Crippen LogP contribution is -2.56. The zero-order chi connectivity index (χ0) is 21.8. The van der Waals surface area contributed by atoms with Crippen LogP contribution in [0.25, 0.3) is 0 Å². The van der Waals surface area contributed by atoms with Gasteiger partial charge in [-0.05, 0) is 38.5 Å². The van der Waals surface area contributed by atoms with E-state index < -0.39 is 29.6 Å². The summed E-state index contributed by atoms with van der Waals surface area (Å²) in [5.41, 5.74) is 0. The zero-order valence-electron chi connectivity index (χ0n) is 18.6. The molecule has 0 spiro atoms. The Labute approximate surface area is 185 Å². The summed E-state index contributed by atoms with van der Waals surface area (Å²) < 4.78 is 0. The van der Waals surface area contributed by atoms with Crippen molar-refractivity contribution in [3.8, 4) is 0 Å². The molecule has 3 aliphatic carbocycles. The van der Waals surface area contributed by atoms with E-state index in [1.807, 2.05) is 0 Å². The molecule has 172 valence electrons. The monoisotopic (exact) mass is 431 g/mol. The Morgan fingerprint density at radius 1 is 0.645 bits per heavy atom. The molecular formula is C24H37N3O4. The number of hydrogen-bond donors (Lipinski definition) is 2. The molecule has 1 aliphatic heterocycles. The highest BCUT2D eigenvalue weighted by molar-refractivity contribution is 6.44. The molecule has 4 rings (SSSR count). The van der Waals surface area contributed by atoms with Gasteiger partial charge in [0.05, 0.1) is 0 Å². The quantitative estimate of drug-likeness (QED) is 0.517. The van der Waals surface area contributed by atoms with Gasteiger partial charge in [0.2, 0.25) is 17.6 Å². The number of ketones is 1. The SMILES string of the molecule is O=C(NC1CCCCC1)[C@H]1C(=O)C(=O)N(C2CCCCC2)[C@H]1C(=O)NC1CCCCC1. The average molecular weight is 432 g/mol. The van der Waals surface area contributed by atoms with Gasteiger partial charge in [0.1, 0.15) is 12.0 Å². The summed E-state index contributed by atoms with van der Waals surface area (Å²) in [5.74, 6) is -3.32. The van der Waals surface area contributed by atoms with Gasteiger partial charge in [0.25, 0.3) is 5.91 Å². The topological polar surface area (TPSA) is 95.6 Å². The average Bonchev–Trinajstić information content (AvgIpc) is 3.06. The lowest BCUT2D eigenvalue weighted by molar-refractivity contribution is -0.144. The molecule has 3 saturated carbocycles. The Bertz CT molecular complexity index is 691. The van der Waals surface area contributed by atoms with E-state index in [-0.39, 0.29) is 24.0 Å². The minimum atomic E-state index is -1.22. The van der Waals surface area contributed by atoms with Crippen molar-refractivity contribution in [3.05, 3.63) is 0 Å². The van der Waals surface area contributed by atoms with Crippen molar-refractivity contribution in [3.63, 3.8) is 0 Å². The fraction of sp³-hybridized carbons (Fsp3) is 0.833. The van der Waals surface area contributed by atoms with Crippen LogP contribution >= 0.6 is 0 Å². The van der Waals surface area contributed by atoms with Crippen molar-refractivity contribution in [1.82, 2.24) is 15.5 Å². The molecular weight excluding hydrogens is 394 g/mol. The summed E-state index contributed by atoms with van der Waals surface area (Å²) in [4.78, 5) is 54.2. The van der Waals surface area contributed by atoms with Crippen molar-refractivity contribution in [1.29, 1.82) is 0 Å². The minimum Gasteiger partial charge on any atom is -0.353 e. The Morgan fingerprint density at radius 3 is 1.61 bits per heavy atom. The summed E-state index contributed by atoms with van der Waals surface area (Å²) in [6.45, 7) is 0. The fourth-order valence-electron chi connectivity index (χ4n) is 6.05. The smallest absolute Gasteiger partial charge is 0.291 e. The largest absolute Gasteiger partial charge is 0.353 e. The summed E-state index contributed by atoms with van der Waals surface area (Å²) in [6, 6.07) is -1.02. The lowest BCUT2D eigenvalue weighted by Gasteiger charge is -2.36. The van der Waals surface area contributed by atoms with Gasteiger partial charge < -0.3 is 15.5 Å². The molecule has 2 atom stereocenters. The first-order valence-corrected chi connectivity index (χ1v) is 12.5. The van der Waals surface area contributed by atoms with Crippen LogP contribution in [0.5, 0.6) is 0 Å². The number of carbonyl (C=O) groups is 4. The highest BCUT2D eigenvalue weighted by atomic mass is 16.2. The van der Waals surface area contributed by atoms with E-state index >= 15 is 0 Å². The molecule has 0 aromatic carbocycles. The molecule has 0 unspecified atom stereocenters. The first kappa shape index (κ1) is 22.3. The van der Waals surface area contributed by atoms with Gasteiger partial charge in [-0.3, -0.25) is 19.2 Å². The molecule has 4 fully saturated rings. The molecule has 7 heteroatoms. The van der Waals surface area contributed by atoms with Gasteiger partial charge in [-0.25, -0.2) is 0 Å². The van der Waals surface area contributed by atoms with E-state index in [1.54, 1.807) is 0 Å². The molecule has 7 nitrogen and oxygen atoms in total. The molecule has 0 aromatic heterocycles. The van der Waals surface area contributed by atoms with E-state index in [2.05, 4.69) is 10.6 Å². The van der Waals surface area contributed by atoms with Crippen LogP contribution in [0.1, 0.15) is 96.3 Å². The first-order valence-electron chi connectivity index (χ1n) is 12.5. The molecule has 3 amide bonds. The predicted octanol–water partition coefficient (Wildman–Crippen LogP) is 2.61. The van der Waals surface area contributed by atoms with Crippen LogP contribution in [0.2, 0.25) is 0 Å². The molecule has 0 aromatic rings. The summed E-state index contributed by atoms with van der Waals surface area (Å²) in [7, 11) is 0. The molecule has 0 bridgehead atoms. The second kappa shape index (κ2) is 10.1. The van der Waals surface area contributed by atoms with E-state index in [1.165, 1.54) is 11.3 Å². The third-order valence-electron chi connectivity index (χ3n) is 7.77. The van der Waals surface area contributed by atoms with Gasteiger partial charge in [-0.1, -0.05) is 57.8 Å². The zero-order valence-corrected chi connectivity index (χ0v) is 18.6. The van der Waals surface area contributed by atoms with Gasteiger partial charge in [-0.2, -0.15) is 0 Å². The maximum absolute atomic E-state index is 13.4. The number of nitrogens with zero attached hydrogens (tertiary/aromatic N) is 1. The van der Waals surface area contributed by atoms with E-state index in [0.717, 1.165) is 89.9 Å². The number of Topliss-reactive ketones (excluding diaryl/α,β-unsaturated/α-hetero) is 1. The number of likely N-dealkylation sites (tertiary alicyclic amines) is 1. The van der Waals surface area contributed by atoms with Crippen molar-refractivity contribution in [2.75, 3.05) is 0 Å². The van der Waals surface area contributed by atoms with Crippen molar-refractivity contribution in [2.24, 2.45) is 5.92 Å². The van der Waals surface area contributed by atoms with Crippen LogP contribution in [-0.4, -0.2) is 52.6 Å². The third kappa shape index (κ3) is 4.96. The van der Waals surface area contributed by atoms with Crippen molar-refractivity contribution < 1.29 is 19.2 Å². The summed E-state index contributed by atoms with van der Waals surface area (Å²) >= 11 is 0. The molecule has 2 N–H and O–H groups in total. The van der Waals surface area contributed by atoms with Crippen molar-refractivity contribution >= 4 is 23.5 Å². The molecule has 4 aliphatic rings. The summed E-state index contributed by atoms with van der Waals surface area (Å²) in [5, 5.41) is 6.10. The number of amides is 3. The Hall–Kier alpha value is -1.92. The second-order valence-electron chi connectivity index (χ2n) is 9.98. The Balaban J connectivity index is 1.55. The van der Waals surface area contributed by atoms with Crippen LogP contribution in [0.4, 0.5) is 0 Å².